The molecule has 146 valence electrons. The predicted octanol–water partition coefficient (Wildman–Crippen LogP) is 4.10. The Bertz CT molecular complexity index is 915. The van der Waals surface area contributed by atoms with E-state index in [0.29, 0.717) is 0 Å². The Hall–Kier alpha value is -2.27. The Balaban J connectivity index is 1.32. The third-order valence-electron chi connectivity index (χ3n) is 6.33. The standard InChI is InChI=1S/C22H26ClN5/c1-26-20(22(11-12-22)17-5-3-2-4-6-17)24-25-21(26)28-15-13-27(14-16-28)19-9-7-18(23)8-10-19/h3,5-10H,2,4,11-16H2,1H3. The van der Waals surface area contributed by atoms with Gasteiger partial charge in [-0.2, -0.15) is 0 Å². The molecule has 0 radical (unpaired) electrons. The van der Waals surface area contributed by atoms with Crippen LogP contribution in [0.3, 0.4) is 0 Å². The van der Waals surface area contributed by atoms with E-state index in [0.717, 1.165) is 55.8 Å². The maximum atomic E-state index is 6.02. The van der Waals surface area contributed by atoms with Crippen molar-refractivity contribution in [2.75, 3.05) is 36.0 Å². The summed E-state index contributed by atoms with van der Waals surface area (Å²) >= 11 is 6.02. The molecule has 0 atom stereocenters. The summed E-state index contributed by atoms with van der Waals surface area (Å²) in [5.74, 6) is 2.12. The van der Waals surface area contributed by atoms with E-state index in [9.17, 15) is 0 Å². The molecule has 1 saturated heterocycles. The maximum absolute atomic E-state index is 6.02. The van der Waals surface area contributed by atoms with Crippen LogP contribution in [-0.4, -0.2) is 40.9 Å². The SMILES string of the molecule is Cn1c(N2CCN(c3ccc(Cl)cc3)CC2)nnc1C1(C2=CCCC=C2)CC1. The fourth-order valence-electron chi connectivity index (χ4n) is 4.56. The first kappa shape index (κ1) is 17.8. The monoisotopic (exact) mass is 395 g/mol. The van der Waals surface area contributed by atoms with Gasteiger partial charge in [0.2, 0.25) is 5.95 Å². The van der Waals surface area contributed by atoms with Gasteiger partial charge in [-0.15, -0.1) is 10.2 Å². The third-order valence-corrected chi connectivity index (χ3v) is 6.58. The van der Waals surface area contributed by atoms with E-state index >= 15 is 0 Å². The van der Waals surface area contributed by atoms with Gasteiger partial charge in [-0.1, -0.05) is 29.8 Å². The highest BCUT2D eigenvalue weighted by atomic mass is 35.5. The first-order valence-corrected chi connectivity index (χ1v) is 10.6. The van der Waals surface area contributed by atoms with Gasteiger partial charge in [0.1, 0.15) is 5.82 Å². The molecule has 1 saturated carbocycles. The Morgan fingerprint density at radius 3 is 2.29 bits per heavy atom. The van der Waals surface area contributed by atoms with Gasteiger partial charge in [-0.25, -0.2) is 0 Å². The molecule has 2 aliphatic carbocycles. The summed E-state index contributed by atoms with van der Waals surface area (Å²) in [7, 11) is 2.13. The van der Waals surface area contributed by atoms with Crippen molar-refractivity contribution in [1.29, 1.82) is 0 Å². The van der Waals surface area contributed by atoms with E-state index in [1.165, 1.54) is 24.1 Å². The molecule has 5 nitrogen and oxygen atoms in total. The second-order valence-electron chi connectivity index (χ2n) is 8.05. The van der Waals surface area contributed by atoms with Crippen LogP contribution in [0.4, 0.5) is 11.6 Å². The van der Waals surface area contributed by atoms with Crippen LogP contribution in [-0.2, 0) is 12.5 Å². The largest absolute Gasteiger partial charge is 0.368 e. The van der Waals surface area contributed by atoms with Crippen LogP contribution in [0.15, 0.2) is 48.1 Å². The molecule has 0 unspecified atom stereocenters. The normalized spacial score (nSPS) is 21.0. The Labute approximate surface area is 171 Å². The fraction of sp³-hybridized carbons (Fsp3) is 0.455. The summed E-state index contributed by atoms with van der Waals surface area (Å²) in [6, 6.07) is 8.12. The van der Waals surface area contributed by atoms with Gasteiger partial charge in [0.05, 0.1) is 5.41 Å². The molecule has 1 aromatic carbocycles. The molecule has 1 aliphatic heterocycles. The van der Waals surface area contributed by atoms with Crippen molar-refractivity contribution < 1.29 is 0 Å². The average Bonchev–Trinajstić information content (AvgIpc) is 3.46. The minimum Gasteiger partial charge on any atom is -0.368 e. The lowest BCUT2D eigenvalue weighted by molar-refractivity contribution is 0.620. The molecule has 0 bridgehead atoms. The van der Waals surface area contributed by atoms with Crippen molar-refractivity contribution in [3.8, 4) is 0 Å². The smallest absolute Gasteiger partial charge is 0.227 e. The zero-order valence-corrected chi connectivity index (χ0v) is 17.1. The fourth-order valence-corrected chi connectivity index (χ4v) is 4.69. The van der Waals surface area contributed by atoms with Gasteiger partial charge in [0.15, 0.2) is 0 Å². The lowest BCUT2D eigenvalue weighted by Crippen LogP contribution is -2.47. The molecule has 28 heavy (non-hydrogen) atoms. The summed E-state index contributed by atoms with van der Waals surface area (Å²) in [5, 5.41) is 10.0. The Kier molecular flexibility index (Phi) is 4.43. The molecule has 0 N–H and O–H groups in total. The van der Waals surface area contributed by atoms with E-state index in [1.807, 2.05) is 12.1 Å². The quantitative estimate of drug-likeness (QED) is 0.780. The number of rotatable bonds is 4. The van der Waals surface area contributed by atoms with Crippen molar-refractivity contribution in [3.05, 3.63) is 58.9 Å². The first-order chi connectivity index (χ1) is 13.7. The van der Waals surface area contributed by atoms with Crippen LogP contribution < -0.4 is 9.80 Å². The lowest BCUT2D eigenvalue weighted by Gasteiger charge is -2.36. The van der Waals surface area contributed by atoms with Crippen molar-refractivity contribution in [2.45, 2.75) is 31.1 Å². The van der Waals surface area contributed by atoms with Crippen LogP contribution >= 0.6 is 11.6 Å². The molecule has 2 fully saturated rings. The van der Waals surface area contributed by atoms with E-state index < -0.39 is 0 Å². The average molecular weight is 396 g/mol. The number of aromatic nitrogens is 3. The van der Waals surface area contributed by atoms with E-state index in [4.69, 9.17) is 11.6 Å². The van der Waals surface area contributed by atoms with Crippen molar-refractivity contribution in [1.82, 2.24) is 14.8 Å². The Morgan fingerprint density at radius 1 is 0.929 bits per heavy atom. The van der Waals surface area contributed by atoms with Crippen LogP contribution in [0.5, 0.6) is 0 Å². The third kappa shape index (κ3) is 3.02. The predicted molar refractivity (Wildman–Crippen MR) is 114 cm³/mol. The second kappa shape index (κ2) is 6.96. The molecule has 6 heteroatoms. The molecule has 3 aliphatic rings. The number of nitrogens with zero attached hydrogens (tertiary/aromatic N) is 5. The summed E-state index contributed by atoms with van der Waals surface area (Å²) < 4.78 is 2.23. The van der Waals surface area contributed by atoms with Crippen LogP contribution in [0.1, 0.15) is 31.5 Å². The van der Waals surface area contributed by atoms with Crippen molar-refractivity contribution >= 4 is 23.2 Å². The summed E-state index contributed by atoms with van der Waals surface area (Å²) in [5.41, 5.74) is 2.77. The minimum atomic E-state index is 0.0993. The lowest BCUT2D eigenvalue weighted by atomic mass is 9.90. The van der Waals surface area contributed by atoms with Gasteiger partial charge in [-0.05, 0) is 55.5 Å². The van der Waals surface area contributed by atoms with Gasteiger partial charge in [0, 0.05) is 43.9 Å². The maximum Gasteiger partial charge on any atom is 0.227 e. The van der Waals surface area contributed by atoms with Crippen molar-refractivity contribution in [3.63, 3.8) is 0 Å². The number of benzene rings is 1. The molecule has 1 aromatic heterocycles. The zero-order chi connectivity index (χ0) is 19.1. The van der Waals surface area contributed by atoms with E-state index in [2.05, 4.69) is 62.0 Å². The highest BCUT2D eigenvalue weighted by Crippen LogP contribution is 2.54. The number of halogens is 1. The zero-order valence-electron chi connectivity index (χ0n) is 16.3. The number of piperazine rings is 1. The topological polar surface area (TPSA) is 37.2 Å². The van der Waals surface area contributed by atoms with Gasteiger partial charge >= 0.3 is 0 Å². The molecular weight excluding hydrogens is 370 g/mol. The Morgan fingerprint density at radius 2 is 1.64 bits per heavy atom. The molecular formula is C22H26ClN5. The summed E-state index contributed by atoms with van der Waals surface area (Å²) in [4.78, 5) is 4.77. The molecule has 2 heterocycles. The second-order valence-corrected chi connectivity index (χ2v) is 8.49. The van der Waals surface area contributed by atoms with Gasteiger partial charge < -0.3 is 9.80 Å². The van der Waals surface area contributed by atoms with Crippen LogP contribution in [0.25, 0.3) is 0 Å². The van der Waals surface area contributed by atoms with Crippen LogP contribution in [0, 0.1) is 0 Å². The molecule has 2 aromatic rings. The first-order valence-electron chi connectivity index (χ1n) is 10.2. The number of hydrogen-bond donors (Lipinski definition) is 0. The van der Waals surface area contributed by atoms with Crippen LogP contribution in [0.2, 0.25) is 5.02 Å². The molecule has 5 rings (SSSR count). The highest BCUT2D eigenvalue weighted by Gasteiger charge is 2.51. The van der Waals surface area contributed by atoms with E-state index in [-0.39, 0.29) is 5.41 Å². The molecule has 0 spiro atoms. The molecule has 0 amide bonds. The summed E-state index contributed by atoms with van der Waals surface area (Å²) in [6.45, 7) is 3.85. The summed E-state index contributed by atoms with van der Waals surface area (Å²) in [6.07, 6.45) is 11.6. The van der Waals surface area contributed by atoms with Gasteiger partial charge in [-0.3, -0.25) is 4.57 Å². The number of allylic oxidation sites excluding steroid dienone is 4. The van der Waals surface area contributed by atoms with Crippen molar-refractivity contribution in [2.24, 2.45) is 7.05 Å². The number of anilines is 2. The van der Waals surface area contributed by atoms with E-state index in [1.54, 1.807) is 0 Å². The minimum absolute atomic E-state index is 0.0993. The highest BCUT2D eigenvalue weighted by molar-refractivity contribution is 6.30. The number of hydrogen-bond acceptors (Lipinski definition) is 4. The van der Waals surface area contributed by atoms with Gasteiger partial charge in [0.25, 0.3) is 0 Å².